The van der Waals surface area contributed by atoms with Gasteiger partial charge in [-0.15, -0.1) is 11.3 Å². The molecule has 0 aliphatic carbocycles. The Balaban J connectivity index is 1.51. The van der Waals surface area contributed by atoms with E-state index < -0.39 is 23.0 Å². The van der Waals surface area contributed by atoms with Gasteiger partial charge in [0.15, 0.2) is 16.7 Å². The molecule has 0 saturated carbocycles. The number of rotatable bonds is 6. The highest BCUT2D eigenvalue weighted by Gasteiger charge is 2.20. The number of carbonyl (C=O) groups is 1. The molecule has 0 aliphatic rings. The lowest BCUT2D eigenvalue weighted by molar-refractivity contribution is -0.115. The molecule has 9 nitrogen and oxygen atoms in total. The van der Waals surface area contributed by atoms with Crippen molar-refractivity contribution in [2.45, 2.75) is 27.2 Å². The minimum absolute atomic E-state index is 0.0184. The maximum atomic E-state index is 14.7. The Bertz CT molecular complexity index is 1570. The first-order valence-electron chi connectivity index (χ1n) is 10.9. The van der Waals surface area contributed by atoms with Crippen molar-refractivity contribution in [3.8, 4) is 17.0 Å². The molecule has 1 aromatic carbocycles. The molecule has 0 spiro atoms. The fourth-order valence-corrected chi connectivity index (χ4v) is 4.49. The molecule has 0 radical (unpaired) electrons. The summed E-state index contributed by atoms with van der Waals surface area (Å²) in [5, 5.41) is 4.90. The number of ether oxygens (including phenoxy) is 1. The van der Waals surface area contributed by atoms with Crippen molar-refractivity contribution in [1.82, 2.24) is 14.1 Å². The number of hydrogen-bond donors (Lipinski definition) is 1. The molecule has 4 aromatic rings. The van der Waals surface area contributed by atoms with E-state index in [2.05, 4.69) is 10.3 Å². The predicted octanol–water partition coefficient (Wildman–Crippen LogP) is 4.35. The third-order valence-corrected chi connectivity index (χ3v) is 6.33. The van der Waals surface area contributed by atoms with E-state index in [9.17, 15) is 18.8 Å². The molecule has 0 atom stereocenters. The van der Waals surface area contributed by atoms with Crippen molar-refractivity contribution < 1.29 is 18.3 Å². The lowest BCUT2D eigenvalue weighted by Gasteiger charge is -2.20. The van der Waals surface area contributed by atoms with Gasteiger partial charge in [-0.1, -0.05) is 32.4 Å². The minimum atomic E-state index is -0.608. The molecule has 0 saturated heterocycles. The molecule has 4 rings (SSSR count). The van der Waals surface area contributed by atoms with Crippen molar-refractivity contribution in [3.63, 3.8) is 0 Å². The number of nitrogens with one attached hydrogen (secondary N) is 1. The average Bonchev–Trinajstić information content (AvgIpc) is 3.42. The van der Waals surface area contributed by atoms with Gasteiger partial charge in [0.05, 0.1) is 30.0 Å². The van der Waals surface area contributed by atoms with Crippen LogP contribution < -0.4 is 21.3 Å². The van der Waals surface area contributed by atoms with E-state index in [1.54, 1.807) is 11.4 Å². The normalized spacial score (nSPS) is 11.8. The van der Waals surface area contributed by atoms with Crippen LogP contribution in [0.15, 0.2) is 37.8 Å². The van der Waals surface area contributed by atoms with Crippen LogP contribution in [0.3, 0.4) is 0 Å². The zero-order valence-electron chi connectivity index (χ0n) is 20.3. The Morgan fingerprint density at radius 1 is 1.25 bits per heavy atom. The number of fused-ring (bicyclic) bond motifs is 1. The lowest BCUT2D eigenvalue weighted by atomic mass is 9.99. The molecule has 0 aliphatic heterocycles. The Hall–Kier alpha value is -3.44. The number of halogens is 2. The molecule has 36 heavy (non-hydrogen) atoms. The van der Waals surface area contributed by atoms with Crippen LogP contribution in [0.25, 0.3) is 22.4 Å². The molecular weight excluding hydrogens is 511 g/mol. The first-order chi connectivity index (χ1) is 16.9. The number of amides is 1. The summed E-state index contributed by atoms with van der Waals surface area (Å²) in [5.74, 6) is -1.07. The summed E-state index contributed by atoms with van der Waals surface area (Å²) in [5.41, 5.74) is 0.0571. The zero-order chi connectivity index (χ0) is 26.4. The molecule has 1 amide bonds. The summed E-state index contributed by atoms with van der Waals surface area (Å²) in [6.07, 6.45) is 1.11. The largest absolute Gasteiger partial charge is 0.488 e. The minimum Gasteiger partial charge on any atom is -0.488 e. The zero-order valence-corrected chi connectivity index (χ0v) is 21.8. The van der Waals surface area contributed by atoms with Gasteiger partial charge in [-0.2, -0.15) is 0 Å². The maximum Gasteiger partial charge on any atom is 0.333 e. The van der Waals surface area contributed by atoms with Gasteiger partial charge in [0.2, 0.25) is 11.6 Å². The van der Waals surface area contributed by atoms with Crippen molar-refractivity contribution >= 4 is 45.1 Å². The molecule has 3 heterocycles. The highest BCUT2D eigenvalue weighted by atomic mass is 35.5. The van der Waals surface area contributed by atoms with Gasteiger partial charge in [0, 0.05) is 30.6 Å². The molecule has 1 N–H and O–H groups in total. The number of anilines is 1. The monoisotopic (exact) mass is 534 g/mol. The smallest absolute Gasteiger partial charge is 0.333 e. The highest BCUT2D eigenvalue weighted by molar-refractivity contribution is 7.14. The highest BCUT2D eigenvalue weighted by Crippen LogP contribution is 2.35. The molecule has 0 fully saturated rings. The number of aromatic nitrogens is 3. The van der Waals surface area contributed by atoms with Crippen LogP contribution in [0.2, 0.25) is 5.02 Å². The van der Waals surface area contributed by atoms with Gasteiger partial charge in [-0.3, -0.25) is 18.7 Å². The molecular formula is C24H24ClFN4O5S. The van der Waals surface area contributed by atoms with Crippen LogP contribution in [0, 0.1) is 11.2 Å². The summed E-state index contributed by atoms with van der Waals surface area (Å²) in [7, 11) is 2.84. The summed E-state index contributed by atoms with van der Waals surface area (Å²) < 4.78 is 27.8. The number of aryl methyl sites for hydroxylation is 1. The standard InChI is InChI=1S/C24H24ClFN4O5S/c1-24(2,3)11-35-19-14(25)6-12(7-15(19)26)16-10-36-22(27-16)28-17(31)8-13-9-34-21-18(13)20(32)29(4)23(33)30(21)5/h6-7,9-10H,8,11H2,1-5H3,(H,27,28,31). The van der Waals surface area contributed by atoms with Crippen molar-refractivity contribution in [1.29, 1.82) is 0 Å². The third kappa shape index (κ3) is 5.07. The van der Waals surface area contributed by atoms with Crippen LogP contribution in [0.5, 0.6) is 5.75 Å². The van der Waals surface area contributed by atoms with Crippen molar-refractivity contribution in [2.75, 3.05) is 11.9 Å². The van der Waals surface area contributed by atoms with Crippen LogP contribution in [-0.2, 0) is 25.3 Å². The molecule has 0 unspecified atom stereocenters. The fraction of sp³-hybridized carbons (Fsp3) is 0.333. The van der Waals surface area contributed by atoms with Crippen LogP contribution >= 0.6 is 22.9 Å². The molecule has 190 valence electrons. The number of carbonyl (C=O) groups excluding carboxylic acids is 1. The van der Waals surface area contributed by atoms with Gasteiger partial charge < -0.3 is 14.5 Å². The van der Waals surface area contributed by atoms with Crippen LogP contribution in [0.1, 0.15) is 26.3 Å². The number of furan rings is 1. The summed E-state index contributed by atoms with van der Waals surface area (Å²) in [6, 6.07) is 2.84. The Morgan fingerprint density at radius 2 is 1.97 bits per heavy atom. The van der Waals surface area contributed by atoms with Crippen molar-refractivity contribution in [3.05, 3.63) is 61.0 Å². The van der Waals surface area contributed by atoms with E-state index in [1.165, 1.54) is 31.0 Å². The molecule has 0 bridgehead atoms. The van der Waals surface area contributed by atoms with E-state index >= 15 is 0 Å². The number of nitrogens with zero attached hydrogens (tertiary/aromatic N) is 3. The fourth-order valence-electron chi connectivity index (χ4n) is 3.49. The molecule has 12 heteroatoms. The average molecular weight is 535 g/mol. The summed E-state index contributed by atoms with van der Waals surface area (Å²) >= 11 is 7.41. The Kier molecular flexibility index (Phi) is 6.80. The lowest BCUT2D eigenvalue weighted by Crippen LogP contribution is -2.36. The number of benzene rings is 1. The van der Waals surface area contributed by atoms with E-state index in [-0.39, 0.29) is 38.8 Å². The Labute approximate surface area is 214 Å². The van der Waals surface area contributed by atoms with E-state index in [1.807, 2.05) is 20.8 Å². The topological polar surface area (TPSA) is 108 Å². The van der Waals surface area contributed by atoms with E-state index in [4.69, 9.17) is 20.8 Å². The summed E-state index contributed by atoms with van der Waals surface area (Å²) in [4.78, 5) is 41.6. The SMILES string of the molecule is Cn1c(=O)c2c(CC(=O)Nc3nc(-c4cc(F)c(OCC(C)(C)C)c(Cl)c4)cs3)coc2n(C)c1=O. The van der Waals surface area contributed by atoms with Gasteiger partial charge in [-0.25, -0.2) is 14.2 Å². The van der Waals surface area contributed by atoms with Gasteiger partial charge in [0.25, 0.3) is 5.56 Å². The third-order valence-electron chi connectivity index (χ3n) is 5.29. The Morgan fingerprint density at radius 3 is 2.64 bits per heavy atom. The number of thiazole rings is 1. The first-order valence-corrected chi connectivity index (χ1v) is 12.1. The van der Waals surface area contributed by atoms with Crippen LogP contribution in [-0.4, -0.2) is 26.6 Å². The second-order valence-corrected chi connectivity index (χ2v) is 10.8. The molecule has 3 aromatic heterocycles. The second-order valence-electron chi connectivity index (χ2n) is 9.53. The number of hydrogen-bond acceptors (Lipinski definition) is 7. The quantitative estimate of drug-likeness (QED) is 0.394. The summed E-state index contributed by atoms with van der Waals surface area (Å²) in [6.45, 7) is 6.20. The second kappa shape index (κ2) is 9.55. The predicted molar refractivity (Wildman–Crippen MR) is 136 cm³/mol. The van der Waals surface area contributed by atoms with Crippen molar-refractivity contribution in [2.24, 2.45) is 19.5 Å². The van der Waals surface area contributed by atoms with Crippen LogP contribution in [0.4, 0.5) is 9.52 Å². The van der Waals surface area contributed by atoms with Gasteiger partial charge in [-0.05, 0) is 17.5 Å². The van der Waals surface area contributed by atoms with Gasteiger partial charge >= 0.3 is 5.69 Å². The van der Waals surface area contributed by atoms with Gasteiger partial charge in [0.1, 0.15) is 5.39 Å². The van der Waals surface area contributed by atoms with E-state index in [0.717, 1.165) is 15.9 Å². The van der Waals surface area contributed by atoms with E-state index in [0.29, 0.717) is 23.4 Å². The maximum absolute atomic E-state index is 14.7. The first kappa shape index (κ1) is 25.6.